The molecule has 0 unspecified atom stereocenters. The fourth-order valence-electron chi connectivity index (χ4n) is 4.82. The van der Waals surface area contributed by atoms with E-state index in [9.17, 15) is 14.4 Å². The average Bonchev–Trinajstić information content (AvgIpc) is 3.15. The topological polar surface area (TPSA) is 84.5 Å². The van der Waals surface area contributed by atoms with E-state index in [-0.39, 0.29) is 29.9 Å². The Morgan fingerprint density at radius 2 is 1.74 bits per heavy atom. The molecule has 1 saturated carbocycles. The fraction of sp³-hybridized carbons (Fsp3) is 0.536. The fourth-order valence-corrected chi connectivity index (χ4v) is 5.91. The van der Waals surface area contributed by atoms with Crippen LogP contribution in [0.3, 0.4) is 0 Å². The molecule has 190 valence electrons. The van der Waals surface area contributed by atoms with Gasteiger partial charge >= 0.3 is 5.97 Å². The van der Waals surface area contributed by atoms with E-state index in [1.807, 2.05) is 32.0 Å². The predicted molar refractivity (Wildman–Crippen MR) is 142 cm³/mol. The lowest BCUT2D eigenvalue weighted by Crippen LogP contribution is -2.27. The molecule has 0 saturated heterocycles. The van der Waals surface area contributed by atoms with Crippen molar-refractivity contribution in [3.8, 4) is 0 Å². The lowest BCUT2D eigenvalue weighted by atomic mass is 9.79. The van der Waals surface area contributed by atoms with E-state index in [0.717, 1.165) is 53.8 Å². The van der Waals surface area contributed by atoms with Crippen LogP contribution in [-0.4, -0.2) is 24.4 Å². The number of aryl methyl sites for hydroxylation is 2. The number of unbranched alkanes of at least 4 members (excludes halogenated alkanes) is 1. The van der Waals surface area contributed by atoms with Crippen molar-refractivity contribution in [1.82, 2.24) is 0 Å². The summed E-state index contributed by atoms with van der Waals surface area (Å²) in [6.45, 7) is 9.83. The van der Waals surface area contributed by atoms with Crippen LogP contribution in [0.25, 0.3) is 0 Å². The minimum absolute atomic E-state index is 0.0715. The quantitative estimate of drug-likeness (QED) is 0.363. The standard InChI is InChI=1S/C28H38N2O4S/c1-6-8-9-20-11-13-21(14-12-20)25(31)30-27-23(28(33)34-7-2)19(5)24(35-27)26(32)29-22-15-10-17(3)16-18(22)4/h10,15-16,20-21H,6-9,11-14H2,1-5H3,(H,29,32)(H,30,31). The number of hydrogen-bond acceptors (Lipinski definition) is 5. The number of anilines is 2. The van der Waals surface area contributed by atoms with Crippen LogP contribution in [0.4, 0.5) is 10.7 Å². The van der Waals surface area contributed by atoms with E-state index in [0.29, 0.717) is 21.4 Å². The molecular formula is C28H38N2O4S. The van der Waals surface area contributed by atoms with Crippen LogP contribution < -0.4 is 10.6 Å². The van der Waals surface area contributed by atoms with Gasteiger partial charge < -0.3 is 15.4 Å². The van der Waals surface area contributed by atoms with Gasteiger partial charge in [0, 0.05) is 11.6 Å². The van der Waals surface area contributed by atoms with Gasteiger partial charge in [0.15, 0.2) is 0 Å². The van der Waals surface area contributed by atoms with Crippen molar-refractivity contribution in [2.24, 2.45) is 11.8 Å². The first kappa shape index (κ1) is 26.9. The zero-order valence-electron chi connectivity index (χ0n) is 21.6. The van der Waals surface area contributed by atoms with Crippen LogP contribution in [0, 0.1) is 32.6 Å². The summed E-state index contributed by atoms with van der Waals surface area (Å²) < 4.78 is 5.26. The second-order valence-corrected chi connectivity index (χ2v) is 10.6. The van der Waals surface area contributed by atoms with Gasteiger partial charge in [-0.15, -0.1) is 11.3 Å². The number of benzene rings is 1. The number of nitrogens with one attached hydrogen (secondary N) is 2. The largest absolute Gasteiger partial charge is 0.462 e. The van der Waals surface area contributed by atoms with Crippen LogP contribution in [0.15, 0.2) is 18.2 Å². The molecule has 7 heteroatoms. The Hall–Kier alpha value is -2.67. The summed E-state index contributed by atoms with van der Waals surface area (Å²) in [4.78, 5) is 39.5. The number of ether oxygens (including phenoxy) is 1. The van der Waals surface area contributed by atoms with E-state index in [1.54, 1.807) is 13.8 Å². The highest BCUT2D eigenvalue weighted by Gasteiger charge is 2.30. The Balaban J connectivity index is 1.79. The molecule has 0 bridgehead atoms. The first-order chi connectivity index (χ1) is 16.7. The molecule has 35 heavy (non-hydrogen) atoms. The Kier molecular flexibility index (Phi) is 9.49. The zero-order valence-corrected chi connectivity index (χ0v) is 22.4. The molecule has 2 amide bonds. The molecule has 1 heterocycles. The molecule has 0 radical (unpaired) electrons. The van der Waals surface area contributed by atoms with Gasteiger partial charge in [-0.25, -0.2) is 4.79 Å². The molecule has 1 aliphatic carbocycles. The minimum atomic E-state index is -0.523. The van der Waals surface area contributed by atoms with E-state index in [4.69, 9.17) is 4.74 Å². The van der Waals surface area contributed by atoms with Crippen molar-refractivity contribution in [1.29, 1.82) is 0 Å². The smallest absolute Gasteiger partial charge is 0.341 e. The third-order valence-corrected chi connectivity index (χ3v) is 8.09. The Bertz CT molecular complexity index is 1070. The summed E-state index contributed by atoms with van der Waals surface area (Å²) in [6, 6.07) is 5.82. The highest BCUT2D eigenvalue weighted by atomic mass is 32.1. The normalized spacial score (nSPS) is 17.6. The minimum Gasteiger partial charge on any atom is -0.462 e. The Morgan fingerprint density at radius 3 is 2.37 bits per heavy atom. The van der Waals surface area contributed by atoms with Crippen molar-refractivity contribution < 1.29 is 19.1 Å². The maximum Gasteiger partial charge on any atom is 0.341 e. The molecule has 2 aromatic rings. The number of carbonyl (C=O) groups excluding carboxylic acids is 3. The molecule has 1 aliphatic rings. The molecule has 1 fully saturated rings. The van der Waals surface area contributed by atoms with Crippen LogP contribution in [-0.2, 0) is 9.53 Å². The number of carbonyl (C=O) groups is 3. The second-order valence-electron chi connectivity index (χ2n) is 9.60. The van der Waals surface area contributed by atoms with Gasteiger partial charge in [-0.05, 0) is 76.5 Å². The second kappa shape index (κ2) is 12.3. The SMILES string of the molecule is CCCCC1CCC(C(=O)Nc2sc(C(=O)Nc3ccc(C)cc3C)c(C)c2C(=O)OCC)CC1. The summed E-state index contributed by atoms with van der Waals surface area (Å²) in [5.74, 6) is -0.268. The average molecular weight is 499 g/mol. The van der Waals surface area contributed by atoms with Gasteiger partial charge in [0.25, 0.3) is 5.91 Å². The Labute approximate surface area is 212 Å². The van der Waals surface area contributed by atoms with Crippen molar-refractivity contribution in [2.75, 3.05) is 17.2 Å². The van der Waals surface area contributed by atoms with Gasteiger partial charge in [-0.2, -0.15) is 0 Å². The molecule has 2 N–H and O–H groups in total. The summed E-state index contributed by atoms with van der Waals surface area (Å²) in [7, 11) is 0. The van der Waals surface area contributed by atoms with Gasteiger partial charge in [0.2, 0.25) is 5.91 Å². The molecule has 0 spiro atoms. The lowest BCUT2D eigenvalue weighted by molar-refractivity contribution is -0.121. The number of rotatable bonds is 9. The molecular weight excluding hydrogens is 460 g/mol. The predicted octanol–water partition coefficient (Wildman–Crippen LogP) is 7.04. The van der Waals surface area contributed by atoms with Crippen LogP contribution in [0.2, 0.25) is 0 Å². The van der Waals surface area contributed by atoms with Crippen LogP contribution >= 0.6 is 11.3 Å². The number of esters is 1. The molecule has 3 rings (SSSR count). The van der Waals surface area contributed by atoms with E-state index in [2.05, 4.69) is 17.6 Å². The highest BCUT2D eigenvalue weighted by Crippen LogP contribution is 2.37. The zero-order chi connectivity index (χ0) is 25.5. The van der Waals surface area contributed by atoms with Crippen molar-refractivity contribution in [3.05, 3.63) is 45.3 Å². The number of amides is 2. The van der Waals surface area contributed by atoms with Gasteiger partial charge in [0.05, 0.1) is 17.0 Å². The first-order valence-corrected chi connectivity index (χ1v) is 13.6. The van der Waals surface area contributed by atoms with Crippen molar-refractivity contribution in [2.45, 2.75) is 79.6 Å². The monoisotopic (exact) mass is 498 g/mol. The molecule has 0 atom stereocenters. The van der Waals surface area contributed by atoms with E-state index in [1.165, 1.54) is 19.3 Å². The number of hydrogen-bond donors (Lipinski definition) is 2. The summed E-state index contributed by atoms with van der Waals surface area (Å²) in [5, 5.41) is 6.32. The summed E-state index contributed by atoms with van der Waals surface area (Å²) >= 11 is 1.14. The van der Waals surface area contributed by atoms with E-state index < -0.39 is 5.97 Å². The molecule has 1 aromatic heterocycles. The van der Waals surface area contributed by atoms with Crippen molar-refractivity contribution >= 4 is 39.8 Å². The molecule has 1 aromatic carbocycles. The Morgan fingerprint density at radius 1 is 1.03 bits per heavy atom. The van der Waals surface area contributed by atoms with Gasteiger partial charge in [-0.1, -0.05) is 43.9 Å². The summed E-state index contributed by atoms with van der Waals surface area (Å²) in [5.41, 5.74) is 3.58. The number of thiophene rings is 1. The maximum absolute atomic E-state index is 13.2. The third kappa shape index (κ3) is 6.72. The highest BCUT2D eigenvalue weighted by molar-refractivity contribution is 7.19. The first-order valence-electron chi connectivity index (χ1n) is 12.7. The lowest BCUT2D eigenvalue weighted by Gasteiger charge is -2.27. The third-order valence-electron chi connectivity index (χ3n) is 6.88. The summed E-state index contributed by atoms with van der Waals surface area (Å²) in [6.07, 6.45) is 7.53. The van der Waals surface area contributed by atoms with Crippen LogP contribution in [0.5, 0.6) is 0 Å². The van der Waals surface area contributed by atoms with Crippen molar-refractivity contribution in [3.63, 3.8) is 0 Å². The van der Waals surface area contributed by atoms with E-state index >= 15 is 0 Å². The van der Waals surface area contributed by atoms with Crippen LogP contribution in [0.1, 0.15) is 95.5 Å². The van der Waals surface area contributed by atoms with Gasteiger partial charge in [-0.3, -0.25) is 9.59 Å². The maximum atomic E-state index is 13.2. The van der Waals surface area contributed by atoms with Gasteiger partial charge in [0.1, 0.15) is 5.00 Å². The molecule has 0 aliphatic heterocycles. The molecule has 6 nitrogen and oxygen atoms in total.